The highest BCUT2D eigenvalue weighted by Gasteiger charge is 2.09. The summed E-state index contributed by atoms with van der Waals surface area (Å²) in [5.41, 5.74) is 12.6. The molecule has 2 N–H and O–H groups in total. The van der Waals surface area contributed by atoms with E-state index in [1.54, 1.807) is 0 Å². The molecule has 0 fully saturated rings. The molecule has 2 aromatic carbocycles. The summed E-state index contributed by atoms with van der Waals surface area (Å²) in [6.45, 7) is 6.28. The molecule has 0 saturated heterocycles. The first-order valence-electron chi connectivity index (χ1n) is 6.61. The van der Waals surface area contributed by atoms with Crippen LogP contribution in [0.3, 0.4) is 0 Å². The summed E-state index contributed by atoms with van der Waals surface area (Å²) in [5, 5.41) is 0. The van der Waals surface area contributed by atoms with E-state index < -0.39 is 0 Å². The smallest absolute Gasteiger partial charge is 0.104 e. The van der Waals surface area contributed by atoms with E-state index in [9.17, 15) is 0 Å². The lowest BCUT2D eigenvalue weighted by atomic mass is 10.1. The predicted octanol–water partition coefficient (Wildman–Crippen LogP) is 4.01. The van der Waals surface area contributed by atoms with Crippen molar-refractivity contribution in [3.8, 4) is 0 Å². The predicted molar refractivity (Wildman–Crippen MR) is 91.0 cm³/mol. The van der Waals surface area contributed by atoms with Gasteiger partial charge in [0.2, 0.25) is 0 Å². The summed E-state index contributed by atoms with van der Waals surface area (Å²) < 4.78 is 0. The van der Waals surface area contributed by atoms with Crippen molar-refractivity contribution in [1.82, 2.24) is 0 Å². The SMILES string of the molecule is Cc1ccc(N(C)c2ccc(C(N)=S)c(C)c2)c(C)c1. The van der Waals surface area contributed by atoms with Crippen LogP contribution in [0.2, 0.25) is 0 Å². The minimum Gasteiger partial charge on any atom is -0.389 e. The Morgan fingerprint density at radius 3 is 2.25 bits per heavy atom. The van der Waals surface area contributed by atoms with E-state index in [-0.39, 0.29) is 0 Å². The van der Waals surface area contributed by atoms with E-state index in [0.29, 0.717) is 4.99 Å². The fraction of sp³-hybridized carbons (Fsp3) is 0.235. The van der Waals surface area contributed by atoms with Crippen molar-refractivity contribution in [2.75, 3.05) is 11.9 Å². The Balaban J connectivity index is 2.40. The highest BCUT2D eigenvalue weighted by Crippen LogP contribution is 2.28. The molecular formula is C17H20N2S. The Kier molecular flexibility index (Phi) is 4.09. The first kappa shape index (κ1) is 14.5. The lowest BCUT2D eigenvalue weighted by molar-refractivity contribution is 1.17. The maximum atomic E-state index is 5.71. The van der Waals surface area contributed by atoms with Crippen LogP contribution in [0.4, 0.5) is 11.4 Å². The van der Waals surface area contributed by atoms with Gasteiger partial charge >= 0.3 is 0 Å². The molecule has 2 rings (SSSR count). The molecule has 2 nitrogen and oxygen atoms in total. The van der Waals surface area contributed by atoms with Crippen molar-refractivity contribution in [3.05, 3.63) is 58.7 Å². The van der Waals surface area contributed by atoms with Crippen LogP contribution in [0.1, 0.15) is 22.3 Å². The van der Waals surface area contributed by atoms with Gasteiger partial charge in [-0.1, -0.05) is 29.9 Å². The average molecular weight is 284 g/mol. The average Bonchev–Trinajstić information content (AvgIpc) is 2.37. The van der Waals surface area contributed by atoms with Crippen molar-refractivity contribution in [2.45, 2.75) is 20.8 Å². The van der Waals surface area contributed by atoms with Crippen molar-refractivity contribution in [2.24, 2.45) is 5.73 Å². The second kappa shape index (κ2) is 5.63. The number of hydrogen-bond donors (Lipinski definition) is 1. The van der Waals surface area contributed by atoms with Crippen molar-refractivity contribution < 1.29 is 0 Å². The van der Waals surface area contributed by atoms with Gasteiger partial charge in [0, 0.05) is 24.0 Å². The summed E-state index contributed by atoms with van der Waals surface area (Å²) in [5.74, 6) is 0. The van der Waals surface area contributed by atoms with Gasteiger partial charge in [0.25, 0.3) is 0 Å². The molecule has 0 atom stereocenters. The number of anilines is 2. The van der Waals surface area contributed by atoms with Crippen molar-refractivity contribution in [1.29, 1.82) is 0 Å². The topological polar surface area (TPSA) is 29.3 Å². The molecule has 0 bridgehead atoms. The van der Waals surface area contributed by atoms with Crippen LogP contribution in [-0.4, -0.2) is 12.0 Å². The fourth-order valence-corrected chi connectivity index (χ4v) is 2.68. The number of rotatable bonds is 3. The largest absolute Gasteiger partial charge is 0.389 e. The van der Waals surface area contributed by atoms with Gasteiger partial charge in [-0.2, -0.15) is 0 Å². The van der Waals surface area contributed by atoms with Gasteiger partial charge in [-0.05, 0) is 56.2 Å². The normalized spacial score (nSPS) is 10.4. The molecule has 3 heteroatoms. The Morgan fingerprint density at radius 2 is 1.70 bits per heavy atom. The van der Waals surface area contributed by atoms with Gasteiger partial charge in [0.15, 0.2) is 0 Å². The van der Waals surface area contributed by atoms with E-state index in [4.69, 9.17) is 18.0 Å². The van der Waals surface area contributed by atoms with E-state index in [1.807, 2.05) is 13.0 Å². The number of hydrogen-bond acceptors (Lipinski definition) is 2. The first-order valence-corrected chi connectivity index (χ1v) is 7.02. The van der Waals surface area contributed by atoms with Crippen LogP contribution < -0.4 is 10.6 Å². The standard InChI is InChI=1S/C17H20N2S/c1-11-5-8-16(13(3)9-11)19(4)14-6-7-15(17(18)20)12(2)10-14/h5-10H,1-4H3,(H2,18,20). The first-order chi connectivity index (χ1) is 9.40. The lowest BCUT2D eigenvalue weighted by Gasteiger charge is -2.23. The fourth-order valence-electron chi connectivity index (χ4n) is 2.45. The van der Waals surface area contributed by atoms with E-state index in [2.05, 4.69) is 56.1 Å². The van der Waals surface area contributed by atoms with Gasteiger partial charge < -0.3 is 10.6 Å². The number of aryl methyl sites for hydroxylation is 3. The second-order valence-corrected chi connectivity index (χ2v) is 5.65. The summed E-state index contributed by atoms with van der Waals surface area (Å²) >= 11 is 5.05. The van der Waals surface area contributed by atoms with Gasteiger partial charge in [-0.3, -0.25) is 0 Å². The van der Waals surface area contributed by atoms with Crippen LogP contribution >= 0.6 is 12.2 Å². The Hall–Kier alpha value is -1.87. The zero-order valence-electron chi connectivity index (χ0n) is 12.4. The molecule has 0 aliphatic carbocycles. The zero-order valence-corrected chi connectivity index (χ0v) is 13.2. The molecule has 0 aromatic heterocycles. The number of thiocarbonyl (C=S) groups is 1. The van der Waals surface area contributed by atoms with Crippen LogP contribution in [0.5, 0.6) is 0 Å². The third-order valence-corrected chi connectivity index (χ3v) is 3.80. The molecule has 0 unspecified atom stereocenters. The minimum atomic E-state index is 0.447. The van der Waals surface area contributed by atoms with Crippen LogP contribution in [0.25, 0.3) is 0 Å². The second-order valence-electron chi connectivity index (χ2n) is 5.21. The minimum absolute atomic E-state index is 0.447. The van der Waals surface area contributed by atoms with Crippen LogP contribution in [-0.2, 0) is 0 Å². The van der Waals surface area contributed by atoms with E-state index in [0.717, 1.165) is 16.8 Å². The summed E-state index contributed by atoms with van der Waals surface area (Å²) in [6.07, 6.45) is 0. The molecule has 0 radical (unpaired) electrons. The summed E-state index contributed by atoms with van der Waals surface area (Å²) in [4.78, 5) is 2.63. The molecular weight excluding hydrogens is 264 g/mol. The third-order valence-electron chi connectivity index (χ3n) is 3.58. The molecule has 0 aliphatic heterocycles. The number of nitrogens with zero attached hydrogens (tertiary/aromatic N) is 1. The lowest BCUT2D eigenvalue weighted by Crippen LogP contribution is -2.14. The maximum Gasteiger partial charge on any atom is 0.104 e. The van der Waals surface area contributed by atoms with Crippen molar-refractivity contribution in [3.63, 3.8) is 0 Å². The quantitative estimate of drug-likeness (QED) is 0.863. The molecule has 0 spiro atoms. The molecule has 0 heterocycles. The molecule has 0 saturated carbocycles. The number of benzene rings is 2. The highest BCUT2D eigenvalue weighted by molar-refractivity contribution is 7.80. The Labute approximate surface area is 126 Å². The van der Waals surface area contributed by atoms with E-state index in [1.165, 1.54) is 16.8 Å². The molecule has 2 aromatic rings. The maximum absolute atomic E-state index is 5.71. The summed E-state index contributed by atoms with van der Waals surface area (Å²) in [6, 6.07) is 12.7. The summed E-state index contributed by atoms with van der Waals surface area (Å²) in [7, 11) is 2.08. The molecule has 104 valence electrons. The van der Waals surface area contributed by atoms with Crippen molar-refractivity contribution >= 4 is 28.6 Å². The van der Waals surface area contributed by atoms with Crippen LogP contribution in [0, 0.1) is 20.8 Å². The van der Waals surface area contributed by atoms with Gasteiger partial charge in [-0.15, -0.1) is 0 Å². The van der Waals surface area contributed by atoms with E-state index >= 15 is 0 Å². The van der Waals surface area contributed by atoms with Crippen LogP contribution in [0.15, 0.2) is 36.4 Å². The molecule has 0 aliphatic rings. The molecule has 0 amide bonds. The number of nitrogens with two attached hydrogens (primary N) is 1. The van der Waals surface area contributed by atoms with Gasteiger partial charge in [-0.25, -0.2) is 0 Å². The molecule has 20 heavy (non-hydrogen) atoms. The monoisotopic (exact) mass is 284 g/mol. The van der Waals surface area contributed by atoms with Gasteiger partial charge in [0.05, 0.1) is 0 Å². The highest BCUT2D eigenvalue weighted by atomic mass is 32.1. The van der Waals surface area contributed by atoms with Gasteiger partial charge in [0.1, 0.15) is 4.99 Å². The third kappa shape index (κ3) is 2.83. The Bertz CT molecular complexity index is 662. The zero-order chi connectivity index (χ0) is 14.9. The Morgan fingerprint density at radius 1 is 1.00 bits per heavy atom.